The van der Waals surface area contributed by atoms with Crippen LogP contribution in [0.25, 0.3) is 0 Å². The fourth-order valence-electron chi connectivity index (χ4n) is 3.12. The van der Waals surface area contributed by atoms with Crippen molar-refractivity contribution in [2.24, 2.45) is 0 Å². The van der Waals surface area contributed by atoms with Gasteiger partial charge in [0.1, 0.15) is 6.10 Å². The molecule has 126 valence electrons. The maximum atomic E-state index is 12.8. The molecule has 1 aromatic heterocycles. The van der Waals surface area contributed by atoms with Gasteiger partial charge in [-0.3, -0.25) is 4.79 Å². The molecule has 1 unspecified atom stereocenters. The average molecular weight is 325 g/mol. The maximum Gasteiger partial charge on any atom is 0.253 e. The number of aryl methyl sites for hydroxylation is 3. The van der Waals surface area contributed by atoms with Crippen molar-refractivity contribution in [3.63, 3.8) is 0 Å². The third-order valence-corrected chi connectivity index (χ3v) is 4.19. The van der Waals surface area contributed by atoms with Crippen LogP contribution in [-0.2, 0) is 0 Å². The molecule has 5 heteroatoms. The highest BCUT2D eigenvalue weighted by atomic mass is 16.5. The Kier molecular flexibility index (Phi) is 4.79. The second-order valence-electron chi connectivity index (χ2n) is 6.52. The number of benzene rings is 1. The molecule has 0 aliphatic carbocycles. The van der Waals surface area contributed by atoms with Gasteiger partial charge >= 0.3 is 0 Å². The molecular formula is C19H23N3O2. The van der Waals surface area contributed by atoms with Gasteiger partial charge in [-0.15, -0.1) is 5.10 Å². The second kappa shape index (κ2) is 6.99. The molecule has 3 rings (SSSR count). The highest BCUT2D eigenvalue weighted by molar-refractivity contribution is 5.94. The van der Waals surface area contributed by atoms with E-state index in [0.29, 0.717) is 12.4 Å². The predicted molar refractivity (Wildman–Crippen MR) is 92.2 cm³/mol. The van der Waals surface area contributed by atoms with E-state index in [1.165, 1.54) is 0 Å². The molecule has 1 aliphatic heterocycles. The Balaban J connectivity index is 1.68. The quantitative estimate of drug-likeness (QED) is 0.870. The SMILES string of the molecule is Cc1cc(C)cc(C(=O)N2CCCC(Oc3ccc(C)nn3)C2)c1. The number of piperidine rings is 1. The Morgan fingerprint density at radius 1 is 1.12 bits per heavy atom. The smallest absolute Gasteiger partial charge is 0.253 e. The van der Waals surface area contributed by atoms with E-state index < -0.39 is 0 Å². The average Bonchev–Trinajstić information content (AvgIpc) is 2.56. The van der Waals surface area contributed by atoms with Crippen LogP contribution in [-0.4, -0.2) is 40.2 Å². The minimum absolute atomic E-state index is 0.0365. The Hall–Kier alpha value is -2.43. The lowest BCUT2D eigenvalue weighted by Gasteiger charge is -2.32. The van der Waals surface area contributed by atoms with Crippen molar-refractivity contribution in [2.45, 2.75) is 39.7 Å². The van der Waals surface area contributed by atoms with Gasteiger partial charge in [-0.25, -0.2) is 0 Å². The first-order valence-corrected chi connectivity index (χ1v) is 8.36. The molecule has 2 aromatic rings. The molecule has 5 nitrogen and oxygen atoms in total. The second-order valence-corrected chi connectivity index (χ2v) is 6.52. The van der Waals surface area contributed by atoms with Crippen LogP contribution >= 0.6 is 0 Å². The number of hydrogen-bond acceptors (Lipinski definition) is 4. The summed E-state index contributed by atoms with van der Waals surface area (Å²) in [6.07, 6.45) is 1.82. The number of amides is 1. The van der Waals surface area contributed by atoms with E-state index in [1.807, 2.05) is 49.9 Å². The standard InChI is InChI=1S/C19H23N3O2/c1-13-9-14(2)11-16(10-13)19(23)22-8-4-5-17(12-22)24-18-7-6-15(3)20-21-18/h6-7,9-11,17H,4-5,8,12H2,1-3H3. The Morgan fingerprint density at radius 3 is 2.54 bits per heavy atom. The zero-order valence-electron chi connectivity index (χ0n) is 14.5. The molecule has 1 amide bonds. The minimum atomic E-state index is -0.0365. The normalized spacial score (nSPS) is 17.6. The number of ether oxygens (including phenoxy) is 1. The Bertz CT molecular complexity index is 708. The number of likely N-dealkylation sites (tertiary alicyclic amines) is 1. The zero-order valence-corrected chi connectivity index (χ0v) is 14.5. The lowest BCUT2D eigenvalue weighted by molar-refractivity contribution is 0.0525. The van der Waals surface area contributed by atoms with Crippen molar-refractivity contribution < 1.29 is 9.53 Å². The molecule has 2 heterocycles. The summed E-state index contributed by atoms with van der Waals surface area (Å²) in [5.74, 6) is 0.594. The van der Waals surface area contributed by atoms with Gasteiger partial charge in [0.05, 0.1) is 12.2 Å². The summed E-state index contributed by atoms with van der Waals surface area (Å²) in [6.45, 7) is 7.28. The van der Waals surface area contributed by atoms with Gasteiger partial charge in [-0.1, -0.05) is 17.2 Å². The molecular weight excluding hydrogens is 302 g/mol. The van der Waals surface area contributed by atoms with Crippen LogP contribution in [0.15, 0.2) is 30.3 Å². The molecule has 1 saturated heterocycles. The highest BCUT2D eigenvalue weighted by Crippen LogP contribution is 2.19. The molecule has 0 bridgehead atoms. The van der Waals surface area contributed by atoms with Crippen molar-refractivity contribution in [2.75, 3.05) is 13.1 Å². The molecule has 0 N–H and O–H groups in total. The van der Waals surface area contributed by atoms with Crippen molar-refractivity contribution in [3.8, 4) is 5.88 Å². The van der Waals surface area contributed by atoms with Gasteiger partial charge in [0.15, 0.2) is 0 Å². The van der Waals surface area contributed by atoms with E-state index in [-0.39, 0.29) is 12.0 Å². The lowest BCUT2D eigenvalue weighted by Crippen LogP contribution is -2.44. The van der Waals surface area contributed by atoms with Crippen molar-refractivity contribution >= 4 is 5.91 Å². The van der Waals surface area contributed by atoms with Crippen molar-refractivity contribution in [1.29, 1.82) is 0 Å². The fourth-order valence-corrected chi connectivity index (χ4v) is 3.12. The van der Waals surface area contributed by atoms with E-state index in [9.17, 15) is 4.79 Å². The van der Waals surface area contributed by atoms with Crippen LogP contribution in [0, 0.1) is 20.8 Å². The summed E-state index contributed by atoms with van der Waals surface area (Å²) >= 11 is 0. The van der Waals surface area contributed by atoms with Crippen LogP contribution < -0.4 is 4.74 Å². The zero-order chi connectivity index (χ0) is 17.1. The molecule has 1 fully saturated rings. The third-order valence-electron chi connectivity index (χ3n) is 4.19. The van der Waals surface area contributed by atoms with E-state index in [2.05, 4.69) is 16.3 Å². The number of carbonyl (C=O) groups excluding carboxylic acids is 1. The number of nitrogens with zero attached hydrogens (tertiary/aromatic N) is 3. The van der Waals surface area contributed by atoms with Crippen LogP contribution in [0.2, 0.25) is 0 Å². The van der Waals surface area contributed by atoms with Gasteiger partial charge in [0, 0.05) is 18.2 Å². The number of rotatable bonds is 3. The lowest BCUT2D eigenvalue weighted by atomic mass is 10.0. The summed E-state index contributed by atoms with van der Waals surface area (Å²) in [5.41, 5.74) is 3.83. The van der Waals surface area contributed by atoms with Crippen molar-refractivity contribution in [3.05, 3.63) is 52.7 Å². The molecule has 0 radical (unpaired) electrons. The Labute approximate surface area is 142 Å². The Morgan fingerprint density at radius 2 is 1.88 bits per heavy atom. The summed E-state index contributed by atoms with van der Waals surface area (Å²) in [6, 6.07) is 9.68. The first kappa shape index (κ1) is 16.4. The van der Waals surface area contributed by atoms with Gasteiger partial charge in [0.25, 0.3) is 5.91 Å². The predicted octanol–water partition coefficient (Wildman–Crippen LogP) is 3.09. The summed E-state index contributed by atoms with van der Waals surface area (Å²) in [7, 11) is 0. The van der Waals surface area contributed by atoms with Crippen LogP contribution in [0.4, 0.5) is 0 Å². The molecule has 1 aliphatic rings. The van der Waals surface area contributed by atoms with E-state index >= 15 is 0 Å². The molecule has 24 heavy (non-hydrogen) atoms. The number of hydrogen-bond donors (Lipinski definition) is 0. The highest BCUT2D eigenvalue weighted by Gasteiger charge is 2.26. The summed E-state index contributed by atoms with van der Waals surface area (Å²) in [4.78, 5) is 14.7. The van der Waals surface area contributed by atoms with Crippen LogP contribution in [0.1, 0.15) is 40.0 Å². The largest absolute Gasteiger partial charge is 0.471 e. The third kappa shape index (κ3) is 3.91. The fraction of sp³-hybridized carbons (Fsp3) is 0.421. The summed E-state index contributed by atoms with van der Waals surface area (Å²) in [5, 5.41) is 8.06. The molecule has 0 spiro atoms. The van der Waals surface area contributed by atoms with Gasteiger partial charge in [-0.2, -0.15) is 5.10 Å². The minimum Gasteiger partial charge on any atom is -0.471 e. The number of aromatic nitrogens is 2. The van der Waals surface area contributed by atoms with Gasteiger partial charge in [-0.05, 0) is 51.8 Å². The van der Waals surface area contributed by atoms with Gasteiger partial charge in [0.2, 0.25) is 5.88 Å². The topological polar surface area (TPSA) is 55.3 Å². The van der Waals surface area contributed by atoms with E-state index in [0.717, 1.165) is 41.8 Å². The monoisotopic (exact) mass is 325 g/mol. The summed E-state index contributed by atoms with van der Waals surface area (Å²) < 4.78 is 5.91. The van der Waals surface area contributed by atoms with E-state index in [4.69, 9.17) is 4.74 Å². The van der Waals surface area contributed by atoms with Crippen LogP contribution in [0.3, 0.4) is 0 Å². The maximum absolute atomic E-state index is 12.8. The van der Waals surface area contributed by atoms with Gasteiger partial charge < -0.3 is 9.64 Å². The van der Waals surface area contributed by atoms with E-state index in [1.54, 1.807) is 0 Å². The molecule has 0 saturated carbocycles. The van der Waals surface area contributed by atoms with Crippen molar-refractivity contribution in [1.82, 2.24) is 15.1 Å². The van der Waals surface area contributed by atoms with Crippen LogP contribution in [0.5, 0.6) is 5.88 Å². The first-order chi connectivity index (χ1) is 11.5. The molecule has 1 atom stereocenters. The first-order valence-electron chi connectivity index (χ1n) is 8.36. The molecule has 1 aromatic carbocycles. The number of carbonyl (C=O) groups is 1.